The van der Waals surface area contributed by atoms with E-state index in [-0.39, 0.29) is 10.6 Å². The highest BCUT2D eigenvalue weighted by Crippen LogP contribution is 2.32. The van der Waals surface area contributed by atoms with E-state index >= 15 is 0 Å². The third-order valence-corrected chi connectivity index (χ3v) is 6.45. The Morgan fingerprint density at radius 2 is 1.81 bits per heavy atom. The zero-order valence-corrected chi connectivity index (χ0v) is 16.6. The van der Waals surface area contributed by atoms with Crippen molar-refractivity contribution < 1.29 is 13.3 Å². The molecule has 1 N–H and O–H groups in total. The van der Waals surface area contributed by atoms with E-state index in [1.165, 1.54) is 23.9 Å². The Balaban J connectivity index is 1.76. The van der Waals surface area contributed by atoms with Crippen LogP contribution in [0.3, 0.4) is 0 Å². The number of sulfone groups is 1. The molecule has 1 heterocycles. The van der Waals surface area contributed by atoms with Crippen LogP contribution in [0.1, 0.15) is 5.56 Å². The number of hydrogen-bond donors (Lipinski definition) is 1. The quantitative estimate of drug-likeness (QED) is 0.581. The van der Waals surface area contributed by atoms with Gasteiger partial charge in [0.25, 0.3) is 0 Å². The molecule has 3 rings (SSSR count). The van der Waals surface area contributed by atoms with E-state index in [2.05, 4.69) is 10.2 Å². The summed E-state index contributed by atoms with van der Waals surface area (Å²) in [5.41, 5.74) is 1.91. The molecule has 1 fully saturated rings. The first-order valence-corrected chi connectivity index (χ1v) is 11.5. The van der Waals surface area contributed by atoms with Crippen LogP contribution in [0.5, 0.6) is 0 Å². The Bertz CT molecular complexity index is 924. The van der Waals surface area contributed by atoms with Crippen LogP contribution in [0, 0.1) is 10.1 Å². The number of para-hydroxylation sites is 1. The van der Waals surface area contributed by atoms with Gasteiger partial charge in [-0.25, -0.2) is 8.42 Å². The largest absolute Gasteiger partial charge is 0.375 e. The summed E-state index contributed by atoms with van der Waals surface area (Å²) >= 11 is 1.96. The van der Waals surface area contributed by atoms with E-state index in [0.29, 0.717) is 6.54 Å². The summed E-state index contributed by atoms with van der Waals surface area (Å²) in [6, 6.07) is 12.3. The summed E-state index contributed by atoms with van der Waals surface area (Å²) in [7, 11) is -3.69. The fourth-order valence-corrected chi connectivity index (χ4v) is 4.76. The van der Waals surface area contributed by atoms with Crippen LogP contribution in [-0.2, 0) is 16.4 Å². The van der Waals surface area contributed by atoms with Crippen LogP contribution in [-0.4, -0.2) is 44.2 Å². The average Bonchev–Trinajstić information content (AvgIpc) is 2.66. The van der Waals surface area contributed by atoms with Gasteiger partial charge in [-0.2, -0.15) is 11.8 Å². The highest BCUT2D eigenvalue weighted by Gasteiger charge is 2.25. The van der Waals surface area contributed by atoms with Gasteiger partial charge >= 0.3 is 5.69 Å². The molecule has 0 aromatic heterocycles. The number of nitrogens with zero attached hydrogens (tertiary/aromatic N) is 2. The molecule has 1 saturated heterocycles. The van der Waals surface area contributed by atoms with Gasteiger partial charge in [0.1, 0.15) is 10.6 Å². The summed E-state index contributed by atoms with van der Waals surface area (Å²) in [6.45, 7) is 2.43. The maximum atomic E-state index is 11.8. The van der Waals surface area contributed by atoms with Crippen LogP contribution >= 0.6 is 11.8 Å². The number of nitro benzene ring substituents is 1. The number of nitro groups is 1. The molecular weight excluding hydrogens is 386 g/mol. The molecule has 0 spiro atoms. The maximum Gasteiger partial charge on any atom is 0.310 e. The first-order valence-electron chi connectivity index (χ1n) is 8.49. The number of benzene rings is 2. The zero-order chi connectivity index (χ0) is 19.4. The second-order valence-corrected chi connectivity index (χ2v) is 9.51. The molecule has 27 heavy (non-hydrogen) atoms. The molecule has 0 saturated carbocycles. The number of anilines is 2. The minimum atomic E-state index is -3.69. The Morgan fingerprint density at radius 1 is 1.15 bits per heavy atom. The Labute approximate surface area is 162 Å². The van der Waals surface area contributed by atoms with Crippen LogP contribution in [0.15, 0.2) is 47.4 Å². The van der Waals surface area contributed by atoms with Crippen molar-refractivity contribution in [2.75, 3.05) is 41.1 Å². The lowest BCUT2D eigenvalue weighted by atomic mass is 10.2. The first kappa shape index (κ1) is 19.5. The van der Waals surface area contributed by atoms with Crippen molar-refractivity contribution in [2.45, 2.75) is 11.4 Å². The molecule has 0 unspecified atom stereocenters. The fourth-order valence-electron chi connectivity index (χ4n) is 3.00. The highest BCUT2D eigenvalue weighted by molar-refractivity contribution is 7.99. The molecule has 1 aliphatic heterocycles. The number of nitrogens with one attached hydrogen (secondary N) is 1. The molecule has 0 aliphatic carbocycles. The minimum Gasteiger partial charge on any atom is -0.375 e. The van der Waals surface area contributed by atoms with Crippen molar-refractivity contribution in [1.29, 1.82) is 0 Å². The van der Waals surface area contributed by atoms with Crippen LogP contribution in [0.2, 0.25) is 0 Å². The van der Waals surface area contributed by atoms with E-state index in [0.717, 1.165) is 36.4 Å². The van der Waals surface area contributed by atoms with Crippen molar-refractivity contribution in [3.8, 4) is 0 Å². The molecular formula is C18H21N3O4S2. The van der Waals surface area contributed by atoms with E-state index < -0.39 is 20.4 Å². The van der Waals surface area contributed by atoms with Crippen LogP contribution in [0.25, 0.3) is 0 Å². The van der Waals surface area contributed by atoms with Gasteiger partial charge in [0.2, 0.25) is 0 Å². The molecule has 0 amide bonds. The van der Waals surface area contributed by atoms with Crippen molar-refractivity contribution in [1.82, 2.24) is 0 Å². The predicted octanol–water partition coefficient (Wildman–Crippen LogP) is 3.16. The molecule has 144 valence electrons. The minimum absolute atomic E-state index is 0.194. The van der Waals surface area contributed by atoms with E-state index in [1.807, 2.05) is 36.0 Å². The van der Waals surface area contributed by atoms with Crippen LogP contribution in [0.4, 0.5) is 17.1 Å². The van der Waals surface area contributed by atoms with Crippen LogP contribution < -0.4 is 10.2 Å². The topological polar surface area (TPSA) is 92.6 Å². The summed E-state index contributed by atoms with van der Waals surface area (Å²) in [6.07, 6.45) is 0.969. The lowest BCUT2D eigenvalue weighted by molar-refractivity contribution is -0.386. The number of rotatable bonds is 6. The Morgan fingerprint density at radius 3 is 2.41 bits per heavy atom. The standard InChI is InChI=1S/C18H21N3O4S2/c1-27(24,25)17-4-2-3-16(18(17)21(22)23)19-13-14-5-7-15(8-6-14)20-9-11-26-12-10-20/h2-8,19H,9-13H2,1H3. The van der Waals surface area contributed by atoms with Gasteiger partial charge in [-0.05, 0) is 29.8 Å². The van der Waals surface area contributed by atoms with Gasteiger partial charge < -0.3 is 10.2 Å². The molecule has 7 nitrogen and oxygen atoms in total. The van der Waals surface area contributed by atoms with Crippen molar-refractivity contribution >= 4 is 38.7 Å². The third kappa shape index (κ3) is 4.72. The maximum absolute atomic E-state index is 11.8. The number of hydrogen-bond acceptors (Lipinski definition) is 7. The monoisotopic (exact) mass is 407 g/mol. The van der Waals surface area contributed by atoms with Crippen molar-refractivity contribution in [3.05, 3.63) is 58.1 Å². The molecule has 9 heteroatoms. The van der Waals surface area contributed by atoms with Gasteiger partial charge in [0, 0.05) is 43.1 Å². The second kappa shape index (κ2) is 8.18. The van der Waals surface area contributed by atoms with E-state index in [9.17, 15) is 18.5 Å². The highest BCUT2D eigenvalue weighted by atomic mass is 32.2. The Kier molecular flexibility index (Phi) is 5.91. The number of thioether (sulfide) groups is 1. The SMILES string of the molecule is CS(=O)(=O)c1cccc(NCc2ccc(N3CCSCC3)cc2)c1[N+](=O)[O-]. The van der Waals surface area contributed by atoms with Gasteiger partial charge in [-0.15, -0.1) is 0 Å². The lowest BCUT2D eigenvalue weighted by Gasteiger charge is -2.28. The molecule has 0 bridgehead atoms. The summed E-state index contributed by atoms with van der Waals surface area (Å²) in [5.74, 6) is 2.26. The molecule has 2 aromatic carbocycles. The van der Waals surface area contributed by atoms with Crippen molar-refractivity contribution in [2.24, 2.45) is 0 Å². The van der Waals surface area contributed by atoms with Gasteiger partial charge in [0.05, 0.1) is 4.92 Å². The molecule has 0 radical (unpaired) electrons. The second-order valence-electron chi connectivity index (χ2n) is 6.30. The van der Waals surface area contributed by atoms with E-state index in [1.54, 1.807) is 0 Å². The molecule has 2 aromatic rings. The predicted molar refractivity (Wildman–Crippen MR) is 110 cm³/mol. The molecule has 1 aliphatic rings. The van der Waals surface area contributed by atoms with Gasteiger partial charge in [-0.1, -0.05) is 18.2 Å². The normalized spacial score (nSPS) is 14.8. The first-order chi connectivity index (χ1) is 12.9. The van der Waals surface area contributed by atoms with Gasteiger partial charge in [0.15, 0.2) is 9.84 Å². The van der Waals surface area contributed by atoms with E-state index in [4.69, 9.17) is 0 Å². The average molecular weight is 408 g/mol. The Hall–Kier alpha value is -2.26. The summed E-state index contributed by atoms with van der Waals surface area (Å²) in [4.78, 5) is 12.8. The summed E-state index contributed by atoms with van der Waals surface area (Å²) in [5, 5.41) is 14.4. The van der Waals surface area contributed by atoms with Crippen molar-refractivity contribution in [3.63, 3.8) is 0 Å². The zero-order valence-electron chi connectivity index (χ0n) is 14.9. The smallest absolute Gasteiger partial charge is 0.310 e. The third-order valence-electron chi connectivity index (χ3n) is 4.38. The molecule has 0 atom stereocenters. The summed E-state index contributed by atoms with van der Waals surface area (Å²) < 4.78 is 23.7. The van der Waals surface area contributed by atoms with Gasteiger partial charge in [-0.3, -0.25) is 10.1 Å². The lowest BCUT2D eigenvalue weighted by Crippen LogP contribution is -2.32. The fraction of sp³-hybridized carbons (Fsp3) is 0.333.